The van der Waals surface area contributed by atoms with Gasteiger partial charge in [0.15, 0.2) is 5.69 Å². The van der Waals surface area contributed by atoms with Gasteiger partial charge in [0.05, 0.1) is 19.3 Å². The SMILES string of the molecule is Cc1cc(C(=O)N2CC(C)C(N3CCOCC3)C2)nn1C1CCCCC1. The van der Waals surface area contributed by atoms with E-state index in [0.717, 1.165) is 45.1 Å². The van der Waals surface area contributed by atoms with Crippen molar-refractivity contribution < 1.29 is 9.53 Å². The Hall–Kier alpha value is -1.40. The smallest absolute Gasteiger partial charge is 0.274 e. The Morgan fingerprint density at radius 1 is 1.15 bits per heavy atom. The molecule has 0 spiro atoms. The van der Waals surface area contributed by atoms with Gasteiger partial charge in [0.2, 0.25) is 0 Å². The fourth-order valence-electron chi connectivity index (χ4n) is 4.95. The maximum Gasteiger partial charge on any atom is 0.274 e. The molecule has 1 amide bonds. The molecule has 6 heteroatoms. The van der Waals surface area contributed by atoms with E-state index in [9.17, 15) is 4.79 Å². The number of likely N-dealkylation sites (tertiary alicyclic amines) is 1. The van der Waals surface area contributed by atoms with E-state index in [1.807, 2.05) is 11.0 Å². The van der Waals surface area contributed by atoms with Gasteiger partial charge in [-0.1, -0.05) is 26.2 Å². The van der Waals surface area contributed by atoms with E-state index in [1.165, 1.54) is 32.1 Å². The minimum atomic E-state index is 0.102. The highest BCUT2D eigenvalue weighted by atomic mass is 16.5. The number of aromatic nitrogens is 2. The quantitative estimate of drug-likeness (QED) is 0.831. The Morgan fingerprint density at radius 3 is 2.62 bits per heavy atom. The maximum atomic E-state index is 13.1. The molecule has 2 aliphatic heterocycles. The van der Waals surface area contributed by atoms with Crippen LogP contribution in [0.5, 0.6) is 0 Å². The summed E-state index contributed by atoms with van der Waals surface area (Å²) in [6, 6.07) is 2.91. The Morgan fingerprint density at radius 2 is 1.88 bits per heavy atom. The Labute approximate surface area is 156 Å². The molecule has 26 heavy (non-hydrogen) atoms. The van der Waals surface area contributed by atoms with E-state index in [4.69, 9.17) is 9.84 Å². The van der Waals surface area contributed by atoms with Gasteiger partial charge in [-0.15, -0.1) is 0 Å². The summed E-state index contributed by atoms with van der Waals surface area (Å²) < 4.78 is 7.59. The van der Waals surface area contributed by atoms with Crippen molar-refractivity contribution in [2.45, 2.75) is 58.0 Å². The van der Waals surface area contributed by atoms with Gasteiger partial charge in [-0.05, 0) is 31.7 Å². The van der Waals surface area contributed by atoms with Crippen LogP contribution in [-0.4, -0.2) is 70.9 Å². The van der Waals surface area contributed by atoms with Crippen LogP contribution < -0.4 is 0 Å². The number of morpholine rings is 1. The molecule has 144 valence electrons. The first-order valence-electron chi connectivity index (χ1n) is 10.3. The zero-order valence-corrected chi connectivity index (χ0v) is 16.2. The van der Waals surface area contributed by atoms with Gasteiger partial charge in [0, 0.05) is 37.9 Å². The van der Waals surface area contributed by atoms with Crippen molar-refractivity contribution in [1.82, 2.24) is 19.6 Å². The van der Waals surface area contributed by atoms with Crippen LogP contribution in [0.15, 0.2) is 6.07 Å². The number of aryl methyl sites for hydroxylation is 1. The fraction of sp³-hybridized carbons (Fsp3) is 0.800. The monoisotopic (exact) mass is 360 g/mol. The van der Waals surface area contributed by atoms with Crippen molar-refractivity contribution in [2.24, 2.45) is 5.92 Å². The summed E-state index contributed by atoms with van der Waals surface area (Å²) in [6.45, 7) is 9.57. The summed E-state index contributed by atoms with van der Waals surface area (Å²) in [5.74, 6) is 0.601. The zero-order chi connectivity index (χ0) is 18.1. The van der Waals surface area contributed by atoms with E-state index in [1.54, 1.807) is 0 Å². The number of hydrogen-bond donors (Lipinski definition) is 0. The standard InChI is InChI=1S/C20H32N4O2/c1-15-13-23(14-19(15)22-8-10-26-11-9-22)20(25)18-12-16(2)24(21-18)17-6-4-3-5-7-17/h12,15,17,19H,3-11,13-14H2,1-2H3. The number of ether oxygens (including phenoxy) is 1. The molecule has 2 unspecified atom stereocenters. The second kappa shape index (κ2) is 7.69. The minimum Gasteiger partial charge on any atom is -0.379 e. The van der Waals surface area contributed by atoms with Crippen molar-refractivity contribution in [3.05, 3.63) is 17.5 Å². The highest BCUT2D eigenvalue weighted by molar-refractivity contribution is 5.92. The number of amides is 1. The van der Waals surface area contributed by atoms with Crippen LogP contribution in [0.1, 0.15) is 61.3 Å². The number of hydrogen-bond acceptors (Lipinski definition) is 4. The topological polar surface area (TPSA) is 50.6 Å². The molecule has 3 heterocycles. The second-order valence-electron chi connectivity index (χ2n) is 8.31. The first-order chi connectivity index (χ1) is 12.6. The molecule has 2 saturated heterocycles. The molecule has 2 atom stereocenters. The Balaban J connectivity index is 1.44. The average Bonchev–Trinajstić information content (AvgIpc) is 3.25. The molecular formula is C20H32N4O2. The zero-order valence-electron chi connectivity index (χ0n) is 16.2. The summed E-state index contributed by atoms with van der Waals surface area (Å²) in [7, 11) is 0. The number of nitrogens with zero attached hydrogens (tertiary/aromatic N) is 4. The lowest BCUT2D eigenvalue weighted by Crippen LogP contribution is -2.47. The Kier molecular flexibility index (Phi) is 5.32. The fourth-order valence-corrected chi connectivity index (χ4v) is 4.95. The van der Waals surface area contributed by atoms with E-state index in [2.05, 4.69) is 23.4 Å². The molecule has 1 aromatic rings. The summed E-state index contributed by atoms with van der Waals surface area (Å²) in [5.41, 5.74) is 1.75. The van der Waals surface area contributed by atoms with E-state index < -0.39 is 0 Å². The van der Waals surface area contributed by atoms with Crippen molar-refractivity contribution in [2.75, 3.05) is 39.4 Å². The van der Waals surface area contributed by atoms with Gasteiger partial charge in [0.1, 0.15) is 0 Å². The molecule has 1 aromatic heterocycles. The lowest BCUT2D eigenvalue weighted by molar-refractivity contribution is 0.0119. The van der Waals surface area contributed by atoms with E-state index in [-0.39, 0.29) is 5.91 Å². The summed E-state index contributed by atoms with van der Waals surface area (Å²) >= 11 is 0. The third kappa shape index (κ3) is 3.54. The third-order valence-corrected chi connectivity index (χ3v) is 6.44. The van der Waals surface area contributed by atoms with Crippen LogP contribution >= 0.6 is 0 Å². The van der Waals surface area contributed by atoms with E-state index in [0.29, 0.717) is 23.7 Å². The molecule has 0 aromatic carbocycles. The van der Waals surface area contributed by atoms with Gasteiger partial charge >= 0.3 is 0 Å². The van der Waals surface area contributed by atoms with Gasteiger partial charge in [0.25, 0.3) is 5.91 Å². The number of carbonyl (C=O) groups excluding carboxylic acids is 1. The number of carbonyl (C=O) groups is 1. The lowest BCUT2D eigenvalue weighted by Gasteiger charge is -2.33. The number of rotatable bonds is 3. The highest BCUT2D eigenvalue weighted by Gasteiger charge is 2.37. The predicted octanol–water partition coefficient (Wildman–Crippen LogP) is 2.49. The van der Waals surface area contributed by atoms with Crippen LogP contribution in [0, 0.1) is 12.8 Å². The van der Waals surface area contributed by atoms with Crippen molar-refractivity contribution in [1.29, 1.82) is 0 Å². The molecule has 0 bridgehead atoms. The predicted molar refractivity (Wildman–Crippen MR) is 100 cm³/mol. The van der Waals surface area contributed by atoms with E-state index >= 15 is 0 Å². The van der Waals surface area contributed by atoms with Crippen molar-refractivity contribution in [3.63, 3.8) is 0 Å². The van der Waals surface area contributed by atoms with Crippen LogP contribution in [0.2, 0.25) is 0 Å². The van der Waals surface area contributed by atoms with Crippen LogP contribution in [0.25, 0.3) is 0 Å². The molecule has 3 aliphatic rings. The highest BCUT2D eigenvalue weighted by Crippen LogP contribution is 2.29. The molecule has 1 aliphatic carbocycles. The molecule has 0 N–H and O–H groups in total. The molecule has 3 fully saturated rings. The molecule has 4 rings (SSSR count). The van der Waals surface area contributed by atoms with Crippen LogP contribution in [0.3, 0.4) is 0 Å². The van der Waals surface area contributed by atoms with Crippen LogP contribution in [0.4, 0.5) is 0 Å². The third-order valence-electron chi connectivity index (χ3n) is 6.44. The van der Waals surface area contributed by atoms with Gasteiger partial charge in [-0.2, -0.15) is 5.10 Å². The second-order valence-corrected chi connectivity index (χ2v) is 8.31. The molecule has 0 radical (unpaired) electrons. The Bertz CT molecular complexity index is 632. The summed E-state index contributed by atoms with van der Waals surface area (Å²) in [5, 5.41) is 4.73. The van der Waals surface area contributed by atoms with Gasteiger partial charge in [-0.3, -0.25) is 14.4 Å². The van der Waals surface area contributed by atoms with Gasteiger partial charge in [-0.25, -0.2) is 0 Å². The van der Waals surface area contributed by atoms with Crippen molar-refractivity contribution in [3.8, 4) is 0 Å². The van der Waals surface area contributed by atoms with Crippen LogP contribution in [-0.2, 0) is 4.74 Å². The average molecular weight is 361 g/mol. The maximum absolute atomic E-state index is 13.1. The minimum absolute atomic E-state index is 0.102. The summed E-state index contributed by atoms with van der Waals surface area (Å²) in [4.78, 5) is 17.6. The largest absolute Gasteiger partial charge is 0.379 e. The molecule has 1 saturated carbocycles. The first-order valence-corrected chi connectivity index (χ1v) is 10.3. The molecule has 6 nitrogen and oxygen atoms in total. The lowest BCUT2D eigenvalue weighted by atomic mass is 9.95. The van der Waals surface area contributed by atoms with Crippen molar-refractivity contribution >= 4 is 5.91 Å². The normalized spacial score (nSPS) is 28.6. The van der Waals surface area contributed by atoms with Gasteiger partial charge < -0.3 is 9.64 Å². The summed E-state index contributed by atoms with van der Waals surface area (Å²) in [6.07, 6.45) is 6.26. The first kappa shape index (κ1) is 18.0. The molecular weight excluding hydrogens is 328 g/mol.